The normalized spacial score (nSPS) is 18.2. The first-order valence-corrected chi connectivity index (χ1v) is 7.07. The lowest BCUT2D eigenvalue weighted by Gasteiger charge is -2.23. The van der Waals surface area contributed by atoms with Crippen LogP contribution in [0.5, 0.6) is 0 Å². The maximum absolute atomic E-state index is 13.5. The predicted molar refractivity (Wildman–Crippen MR) is 74.2 cm³/mol. The molecular formula is C14H15BrFNO2. The van der Waals surface area contributed by atoms with Crippen molar-refractivity contribution < 1.29 is 14.0 Å². The third-order valence-corrected chi connectivity index (χ3v) is 4.55. The smallest absolute Gasteiger partial charge is 0.240 e. The molecule has 3 nitrogen and oxygen atoms in total. The van der Waals surface area contributed by atoms with Crippen LogP contribution in [0.1, 0.15) is 33.1 Å². The van der Waals surface area contributed by atoms with E-state index in [0.29, 0.717) is 23.0 Å². The van der Waals surface area contributed by atoms with Gasteiger partial charge in [0.15, 0.2) is 0 Å². The predicted octanol–water partition coefficient (Wildman–Crippen LogP) is 3.66. The van der Waals surface area contributed by atoms with Gasteiger partial charge in [0, 0.05) is 6.42 Å². The summed E-state index contributed by atoms with van der Waals surface area (Å²) in [5.41, 5.74) is -0.319. The molecule has 0 saturated carbocycles. The van der Waals surface area contributed by atoms with Crippen LogP contribution in [0, 0.1) is 11.2 Å². The van der Waals surface area contributed by atoms with Gasteiger partial charge in [-0.1, -0.05) is 13.8 Å². The van der Waals surface area contributed by atoms with Crippen LogP contribution in [-0.4, -0.2) is 11.8 Å². The zero-order chi connectivity index (χ0) is 14.2. The van der Waals surface area contributed by atoms with Crippen LogP contribution in [0.3, 0.4) is 0 Å². The lowest BCUT2D eigenvalue weighted by molar-refractivity contribution is -0.126. The molecule has 2 amide bonds. The molecule has 0 N–H and O–H groups in total. The summed E-state index contributed by atoms with van der Waals surface area (Å²) < 4.78 is 13.9. The molecule has 1 aromatic rings. The highest BCUT2D eigenvalue weighted by atomic mass is 79.9. The first-order chi connectivity index (χ1) is 8.95. The van der Waals surface area contributed by atoms with Crippen LogP contribution in [-0.2, 0) is 9.59 Å². The number of carbonyl (C=O) groups is 2. The van der Waals surface area contributed by atoms with Gasteiger partial charge in [-0.25, -0.2) is 9.29 Å². The second-order valence-corrected chi connectivity index (χ2v) is 5.65. The number of hydrogen-bond donors (Lipinski definition) is 0. The maximum atomic E-state index is 13.5. The number of rotatable bonds is 3. The summed E-state index contributed by atoms with van der Waals surface area (Å²) >= 11 is 3.05. The first-order valence-electron chi connectivity index (χ1n) is 6.27. The van der Waals surface area contributed by atoms with Gasteiger partial charge in [-0.3, -0.25) is 9.59 Å². The van der Waals surface area contributed by atoms with E-state index in [9.17, 15) is 14.0 Å². The van der Waals surface area contributed by atoms with Crippen LogP contribution in [0.25, 0.3) is 0 Å². The third kappa shape index (κ3) is 2.20. The number of halogens is 2. The first kappa shape index (κ1) is 14.2. The highest BCUT2D eigenvalue weighted by Crippen LogP contribution is 2.41. The fourth-order valence-electron chi connectivity index (χ4n) is 2.48. The Morgan fingerprint density at radius 3 is 2.42 bits per heavy atom. The Morgan fingerprint density at radius 2 is 1.95 bits per heavy atom. The van der Waals surface area contributed by atoms with E-state index in [1.54, 1.807) is 6.07 Å². The van der Waals surface area contributed by atoms with E-state index in [-0.39, 0.29) is 18.2 Å². The molecule has 1 heterocycles. The summed E-state index contributed by atoms with van der Waals surface area (Å²) in [7, 11) is 0. The monoisotopic (exact) mass is 327 g/mol. The number of benzene rings is 1. The fourth-order valence-corrected chi connectivity index (χ4v) is 2.73. The van der Waals surface area contributed by atoms with Crippen molar-refractivity contribution in [1.82, 2.24) is 0 Å². The number of nitrogens with zero attached hydrogens (tertiary/aromatic N) is 1. The van der Waals surface area contributed by atoms with Crippen molar-refractivity contribution in [3.05, 3.63) is 28.5 Å². The molecule has 0 atom stereocenters. The molecule has 1 aromatic carbocycles. The van der Waals surface area contributed by atoms with Crippen molar-refractivity contribution in [2.75, 3.05) is 4.90 Å². The molecule has 1 saturated heterocycles. The Hall–Kier alpha value is -1.23. The molecule has 0 bridgehead atoms. The van der Waals surface area contributed by atoms with Gasteiger partial charge in [0.25, 0.3) is 0 Å². The quantitative estimate of drug-likeness (QED) is 0.794. The Labute approximate surface area is 119 Å². The van der Waals surface area contributed by atoms with Crippen LogP contribution in [0.2, 0.25) is 0 Å². The van der Waals surface area contributed by atoms with Gasteiger partial charge >= 0.3 is 0 Å². The van der Waals surface area contributed by atoms with E-state index < -0.39 is 11.2 Å². The molecule has 19 heavy (non-hydrogen) atoms. The molecule has 2 rings (SSSR count). The largest absolute Gasteiger partial charge is 0.274 e. The Bertz CT molecular complexity index is 540. The lowest BCUT2D eigenvalue weighted by atomic mass is 9.81. The standard InChI is InChI=1S/C14H15BrFNO2/c1-3-14(4-2)8-12(18)17(13(14)19)9-5-6-10(15)11(16)7-9/h5-7H,3-4,8H2,1-2H3. The zero-order valence-corrected chi connectivity index (χ0v) is 12.5. The number of anilines is 1. The minimum Gasteiger partial charge on any atom is -0.274 e. The van der Waals surface area contributed by atoms with E-state index in [1.165, 1.54) is 12.1 Å². The van der Waals surface area contributed by atoms with Gasteiger partial charge in [-0.05, 0) is 47.0 Å². The van der Waals surface area contributed by atoms with Crippen molar-refractivity contribution >= 4 is 33.4 Å². The molecular weight excluding hydrogens is 313 g/mol. The SMILES string of the molecule is CCC1(CC)CC(=O)N(c2ccc(Br)c(F)c2)C1=O. The average molecular weight is 328 g/mol. The second kappa shape index (κ2) is 5.04. The highest BCUT2D eigenvalue weighted by Gasteiger charge is 2.49. The van der Waals surface area contributed by atoms with Gasteiger partial charge in [-0.15, -0.1) is 0 Å². The van der Waals surface area contributed by atoms with Crippen molar-refractivity contribution in [2.24, 2.45) is 5.41 Å². The number of amides is 2. The maximum Gasteiger partial charge on any atom is 0.240 e. The zero-order valence-electron chi connectivity index (χ0n) is 10.9. The number of hydrogen-bond acceptors (Lipinski definition) is 2. The minimum absolute atomic E-state index is 0.205. The Kier molecular flexibility index (Phi) is 3.76. The lowest BCUT2D eigenvalue weighted by Crippen LogP contribution is -2.35. The van der Waals surface area contributed by atoms with Gasteiger partial charge in [0.2, 0.25) is 11.8 Å². The Morgan fingerprint density at radius 1 is 1.32 bits per heavy atom. The molecule has 0 radical (unpaired) electrons. The van der Waals surface area contributed by atoms with E-state index in [1.807, 2.05) is 13.8 Å². The van der Waals surface area contributed by atoms with E-state index in [4.69, 9.17) is 0 Å². The van der Waals surface area contributed by atoms with Crippen molar-refractivity contribution in [3.8, 4) is 0 Å². The van der Waals surface area contributed by atoms with Gasteiger partial charge in [0.05, 0.1) is 15.6 Å². The van der Waals surface area contributed by atoms with E-state index in [0.717, 1.165) is 4.90 Å². The van der Waals surface area contributed by atoms with Crippen molar-refractivity contribution in [2.45, 2.75) is 33.1 Å². The van der Waals surface area contributed by atoms with E-state index >= 15 is 0 Å². The molecule has 1 aliphatic heterocycles. The topological polar surface area (TPSA) is 37.4 Å². The molecule has 102 valence electrons. The van der Waals surface area contributed by atoms with Gasteiger partial charge < -0.3 is 0 Å². The summed E-state index contributed by atoms with van der Waals surface area (Å²) in [6.45, 7) is 3.81. The van der Waals surface area contributed by atoms with Crippen LogP contribution >= 0.6 is 15.9 Å². The molecule has 5 heteroatoms. The minimum atomic E-state index is -0.624. The molecule has 0 spiro atoms. The molecule has 0 aliphatic carbocycles. The summed E-state index contributed by atoms with van der Waals surface area (Å²) in [5, 5.41) is 0. The summed E-state index contributed by atoms with van der Waals surface area (Å²) in [5.74, 6) is -0.955. The summed E-state index contributed by atoms with van der Waals surface area (Å²) in [6, 6.07) is 4.29. The summed E-state index contributed by atoms with van der Waals surface area (Å²) in [4.78, 5) is 25.7. The number of imide groups is 1. The molecule has 0 aromatic heterocycles. The van der Waals surface area contributed by atoms with Crippen LogP contribution < -0.4 is 4.90 Å². The van der Waals surface area contributed by atoms with E-state index in [2.05, 4.69) is 15.9 Å². The molecule has 1 fully saturated rings. The number of carbonyl (C=O) groups excluding carboxylic acids is 2. The molecule has 1 aliphatic rings. The third-order valence-electron chi connectivity index (χ3n) is 3.91. The van der Waals surface area contributed by atoms with Crippen molar-refractivity contribution in [1.29, 1.82) is 0 Å². The average Bonchev–Trinajstić information content (AvgIpc) is 2.65. The van der Waals surface area contributed by atoms with Gasteiger partial charge in [0.1, 0.15) is 5.82 Å². The van der Waals surface area contributed by atoms with Gasteiger partial charge in [-0.2, -0.15) is 0 Å². The van der Waals surface area contributed by atoms with Crippen molar-refractivity contribution in [3.63, 3.8) is 0 Å². The molecule has 0 unspecified atom stereocenters. The Balaban J connectivity index is 2.43. The van der Waals surface area contributed by atoms with Crippen LogP contribution in [0.4, 0.5) is 10.1 Å². The second-order valence-electron chi connectivity index (χ2n) is 4.80. The van der Waals surface area contributed by atoms with Crippen LogP contribution in [0.15, 0.2) is 22.7 Å². The highest BCUT2D eigenvalue weighted by molar-refractivity contribution is 9.10. The fraction of sp³-hybridized carbons (Fsp3) is 0.429. The summed E-state index contributed by atoms with van der Waals surface area (Å²) in [6.07, 6.45) is 1.43.